The van der Waals surface area contributed by atoms with E-state index < -0.39 is 11.6 Å². The molecule has 1 aromatic heterocycles. The molecule has 1 aromatic carbocycles. The molecule has 108 valence electrons. The zero-order valence-electron chi connectivity index (χ0n) is 11.6. The number of hydrogen-bond acceptors (Lipinski definition) is 2. The molecule has 0 aliphatic carbocycles. The van der Waals surface area contributed by atoms with Crippen LogP contribution in [0, 0.1) is 11.6 Å². The van der Waals surface area contributed by atoms with Crippen LogP contribution in [-0.2, 0) is 5.41 Å². The Morgan fingerprint density at radius 3 is 2.90 bits per heavy atom. The number of H-pyrrole nitrogens is 1. The lowest BCUT2D eigenvalue weighted by Gasteiger charge is -2.36. The summed E-state index contributed by atoms with van der Waals surface area (Å²) in [6.45, 7) is 3.98. The number of nitrogens with zero attached hydrogens (tertiary/aromatic N) is 1. The lowest BCUT2D eigenvalue weighted by Crippen LogP contribution is -2.44. The van der Waals surface area contributed by atoms with Crippen LogP contribution in [0.2, 0.25) is 0 Å². The van der Waals surface area contributed by atoms with Crippen molar-refractivity contribution in [1.29, 1.82) is 0 Å². The summed E-state index contributed by atoms with van der Waals surface area (Å²) in [4.78, 5) is 7.58. The average molecular weight is 279 g/mol. The van der Waals surface area contributed by atoms with Gasteiger partial charge in [-0.15, -0.1) is 0 Å². The summed E-state index contributed by atoms with van der Waals surface area (Å²) in [5, 5.41) is 3.40. The van der Waals surface area contributed by atoms with Gasteiger partial charge in [0.15, 0.2) is 11.6 Å². The SMILES string of the molecule is CCCC1(c2nc3c(F)c(F)ccc3[nH]2)CCCNC1. The molecule has 0 spiro atoms. The van der Waals surface area contributed by atoms with E-state index in [9.17, 15) is 8.78 Å². The molecule has 2 aromatic rings. The van der Waals surface area contributed by atoms with Gasteiger partial charge >= 0.3 is 0 Å². The minimum absolute atomic E-state index is 0.0884. The van der Waals surface area contributed by atoms with Gasteiger partial charge in [0.1, 0.15) is 11.3 Å². The molecule has 0 radical (unpaired) electrons. The van der Waals surface area contributed by atoms with Crippen LogP contribution >= 0.6 is 0 Å². The van der Waals surface area contributed by atoms with Crippen LogP contribution in [0.15, 0.2) is 12.1 Å². The van der Waals surface area contributed by atoms with Crippen LogP contribution in [0.3, 0.4) is 0 Å². The molecule has 1 aliphatic heterocycles. The fourth-order valence-corrected chi connectivity index (χ4v) is 3.25. The molecule has 1 aliphatic rings. The van der Waals surface area contributed by atoms with Crippen molar-refractivity contribution in [2.45, 2.75) is 38.0 Å². The van der Waals surface area contributed by atoms with E-state index in [1.54, 1.807) is 6.07 Å². The molecule has 2 N–H and O–H groups in total. The van der Waals surface area contributed by atoms with Crippen LogP contribution in [0.25, 0.3) is 11.0 Å². The number of fused-ring (bicyclic) bond motifs is 1. The van der Waals surface area contributed by atoms with Gasteiger partial charge in [0, 0.05) is 12.0 Å². The first kappa shape index (κ1) is 13.5. The molecule has 20 heavy (non-hydrogen) atoms. The fraction of sp³-hybridized carbons (Fsp3) is 0.533. The Morgan fingerprint density at radius 1 is 1.35 bits per heavy atom. The van der Waals surface area contributed by atoms with Crippen molar-refractivity contribution in [3.63, 3.8) is 0 Å². The summed E-state index contributed by atoms with van der Waals surface area (Å²) < 4.78 is 27.1. The van der Waals surface area contributed by atoms with E-state index in [2.05, 4.69) is 22.2 Å². The van der Waals surface area contributed by atoms with E-state index in [1.165, 1.54) is 0 Å². The van der Waals surface area contributed by atoms with E-state index in [4.69, 9.17) is 0 Å². The Hall–Kier alpha value is -1.49. The number of aromatic amines is 1. The van der Waals surface area contributed by atoms with E-state index in [-0.39, 0.29) is 10.9 Å². The maximum Gasteiger partial charge on any atom is 0.186 e. The lowest BCUT2D eigenvalue weighted by atomic mass is 9.76. The van der Waals surface area contributed by atoms with Crippen LogP contribution in [0.5, 0.6) is 0 Å². The largest absolute Gasteiger partial charge is 0.341 e. The fourth-order valence-electron chi connectivity index (χ4n) is 3.25. The Bertz CT molecular complexity index is 609. The second kappa shape index (κ2) is 5.13. The van der Waals surface area contributed by atoms with Crippen molar-refractivity contribution in [3.8, 4) is 0 Å². The molecular weight excluding hydrogens is 260 g/mol. The monoisotopic (exact) mass is 279 g/mol. The van der Waals surface area contributed by atoms with Gasteiger partial charge in [0.05, 0.1) is 5.52 Å². The molecule has 3 rings (SSSR count). The maximum absolute atomic E-state index is 13.8. The molecule has 1 atom stereocenters. The summed E-state index contributed by atoms with van der Waals surface area (Å²) in [5.41, 5.74) is 0.593. The maximum atomic E-state index is 13.8. The smallest absolute Gasteiger partial charge is 0.186 e. The highest BCUT2D eigenvalue weighted by molar-refractivity contribution is 5.76. The standard InChI is InChI=1S/C15H19F2N3/c1-2-6-15(7-3-8-18-9-15)14-19-11-5-4-10(16)12(17)13(11)20-14/h4-5,18H,2-3,6-9H2,1H3,(H,19,20). The first-order chi connectivity index (χ1) is 9.66. The number of aromatic nitrogens is 2. The van der Waals surface area contributed by atoms with Crippen molar-refractivity contribution >= 4 is 11.0 Å². The molecule has 1 saturated heterocycles. The molecule has 0 amide bonds. The van der Waals surface area contributed by atoms with Crippen molar-refractivity contribution in [1.82, 2.24) is 15.3 Å². The summed E-state index contributed by atoms with van der Waals surface area (Å²) in [5.74, 6) is -0.923. The molecule has 0 bridgehead atoms. The number of rotatable bonds is 3. The van der Waals surface area contributed by atoms with Gasteiger partial charge in [-0.05, 0) is 37.9 Å². The van der Waals surface area contributed by atoms with Gasteiger partial charge in [-0.1, -0.05) is 13.3 Å². The number of benzene rings is 1. The van der Waals surface area contributed by atoms with Gasteiger partial charge in [-0.2, -0.15) is 0 Å². The van der Waals surface area contributed by atoms with Crippen molar-refractivity contribution < 1.29 is 8.78 Å². The summed E-state index contributed by atoms with van der Waals surface area (Å²) in [6, 6.07) is 2.70. The van der Waals surface area contributed by atoms with Gasteiger partial charge in [-0.3, -0.25) is 0 Å². The Balaban J connectivity index is 2.09. The second-order valence-corrected chi connectivity index (χ2v) is 5.65. The van der Waals surface area contributed by atoms with Gasteiger partial charge < -0.3 is 10.3 Å². The van der Waals surface area contributed by atoms with Crippen LogP contribution < -0.4 is 5.32 Å². The minimum Gasteiger partial charge on any atom is -0.341 e. The van der Waals surface area contributed by atoms with E-state index in [1.807, 2.05) is 0 Å². The average Bonchev–Trinajstić information content (AvgIpc) is 2.90. The van der Waals surface area contributed by atoms with E-state index in [0.717, 1.165) is 50.7 Å². The third-order valence-electron chi connectivity index (χ3n) is 4.25. The number of hydrogen-bond donors (Lipinski definition) is 2. The highest BCUT2D eigenvalue weighted by Crippen LogP contribution is 2.35. The van der Waals surface area contributed by atoms with Crippen LogP contribution in [-0.4, -0.2) is 23.1 Å². The third-order valence-corrected chi connectivity index (χ3v) is 4.25. The van der Waals surface area contributed by atoms with Crippen molar-refractivity contribution in [3.05, 3.63) is 29.6 Å². The molecule has 1 fully saturated rings. The Morgan fingerprint density at radius 2 is 2.20 bits per heavy atom. The van der Waals surface area contributed by atoms with Crippen LogP contribution in [0.4, 0.5) is 8.78 Å². The first-order valence-electron chi connectivity index (χ1n) is 7.21. The van der Waals surface area contributed by atoms with Gasteiger partial charge in [0.2, 0.25) is 0 Å². The number of nitrogens with one attached hydrogen (secondary N) is 2. The van der Waals surface area contributed by atoms with Gasteiger partial charge in [-0.25, -0.2) is 13.8 Å². The summed E-state index contributed by atoms with van der Waals surface area (Å²) in [6.07, 6.45) is 4.13. The minimum atomic E-state index is -0.861. The number of piperidine rings is 1. The number of halogens is 2. The predicted molar refractivity (Wildman–Crippen MR) is 74.7 cm³/mol. The highest BCUT2D eigenvalue weighted by Gasteiger charge is 2.36. The topological polar surface area (TPSA) is 40.7 Å². The Kier molecular flexibility index (Phi) is 3.46. The third kappa shape index (κ3) is 2.10. The van der Waals surface area contributed by atoms with E-state index in [0.29, 0.717) is 5.52 Å². The van der Waals surface area contributed by atoms with Crippen molar-refractivity contribution in [2.24, 2.45) is 0 Å². The van der Waals surface area contributed by atoms with Crippen LogP contribution in [0.1, 0.15) is 38.4 Å². The normalized spacial score (nSPS) is 23.4. The molecule has 5 heteroatoms. The second-order valence-electron chi connectivity index (χ2n) is 5.65. The lowest BCUT2D eigenvalue weighted by molar-refractivity contribution is 0.278. The zero-order chi connectivity index (χ0) is 14.2. The summed E-state index contributed by atoms with van der Waals surface area (Å²) in [7, 11) is 0. The number of imidazole rings is 1. The molecule has 2 heterocycles. The predicted octanol–water partition coefficient (Wildman–Crippen LogP) is 3.26. The molecule has 3 nitrogen and oxygen atoms in total. The van der Waals surface area contributed by atoms with Crippen molar-refractivity contribution in [2.75, 3.05) is 13.1 Å². The quantitative estimate of drug-likeness (QED) is 0.905. The first-order valence-corrected chi connectivity index (χ1v) is 7.21. The summed E-state index contributed by atoms with van der Waals surface area (Å²) >= 11 is 0. The highest BCUT2D eigenvalue weighted by atomic mass is 19.2. The molecular formula is C15H19F2N3. The van der Waals surface area contributed by atoms with Gasteiger partial charge in [0.25, 0.3) is 0 Å². The zero-order valence-corrected chi connectivity index (χ0v) is 11.6. The Labute approximate surface area is 116 Å². The molecule has 1 unspecified atom stereocenters. The molecule has 0 saturated carbocycles. The van der Waals surface area contributed by atoms with E-state index >= 15 is 0 Å².